The normalized spacial score (nSPS) is 26.5. The van der Waals surface area contributed by atoms with Crippen LogP contribution in [-0.2, 0) is 11.2 Å². The number of rotatable bonds is 2. The van der Waals surface area contributed by atoms with Crippen LogP contribution in [-0.4, -0.2) is 66.1 Å². The number of carbonyl (C=O) groups excluding carboxylic acids is 1. The van der Waals surface area contributed by atoms with E-state index in [0.717, 1.165) is 31.5 Å². The Morgan fingerprint density at radius 3 is 3.14 bits per heavy atom. The predicted molar refractivity (Wildman–Crippen MR) is 80.3 cm³/mol. The van der Waals surface area contributed by atoms with Gasteiger partial charge in [-0.15, -0.1) is 0 Å². The van der Waals surface area contributed by atoms with Crippen molar-refractivity contribution in [3.63, 3.8) is 0 Å². The van der Waals surface area contributed by atoms with Crippen LogP contribution in [0.5, 0.6) is 0 Å². The van der Waals surface area contributed by atoms with Crippen LogP contribution in [0.2, 0.25) is 0 Å². The van der Waals surface area contributed by atoms with E-state index in [2.05, 4.69) is 23.9 Å². The molecule has 2 aliphatic rings. The van der Waals surface area contributed by atoms with E-state index in [1.807, 2.05) is 17.0 Å². The van der Waals surface area contributed by atoms with Crippen molar-refractivity contribution in [1.29, 1.82) is 0 Å². The zero-order valence-corrected chi connectivity index (χ0v) is 12.8. The number of ether oxygens (including phenoxy) is 1. The van der Waals surface area contributed by atoms with Crippen LogP contribution in [0.1, 0.15) is 29.4 Å². The highest BCUT2D eigenvalue weighted by Gasteiger charge is 2.39. The number of nitrogens with zero attached hydrogens (tertiary/aromatic N) is 3. The van der Waals surface area contributed by atoms with Gasteiger partial charge in [-0.3, -0.25) is 9.78 Å². The van der Waals surface area contributed by atoms with Crippen LogP contribution in [0.4, 0.5) is 0 Å². The minimum atomic E-state index is 0.0565. The molecule has 0 aliphatic carbocycles. The lowest BCUT2D eigenvalue weighted by Gasteiger charge is -2.46. The predicted octanol–water partition coefficient (Wildman–Crippen LogP) is 1.19. The smallest absolute Gasteiger partial charge is 0.273 e. The minimum Gasteiger partial charge on any atom is -0.374 e. The maximum Gasteiger partial charge on any atom is 0.273 e. The van der Waals surface area contributed by atoms with Gasteiger partial charge in [0.1, 0.15) is 5.69 Å². The lowest BCUT2D eigenvalue weighted by Crippen LogP contribution is -2.60. The number of aryl methyl sites for hydroxylation is 1. The van der Waals surface area contributed by atoms with Crippen LogP contribution < -0.4 is 0 Å². The Hall–Kier alpha value is -1.46. The van der Waals surface area contributed by atoms with Crippen molar-refractivity contribution in [1.82, 2.24) is 14.8 Å². The first-order valence-electron chi connectivity index (χ1n) is 7.75. The Morgan fingerprint density at radius 1 is 1.48 bits per heavy atom. The average molecular weight is 289 g/mol. The van der Waals surface area contributed by atoms with Gasteiger partial charge < -0.3 is 14.5 Å². The number of morpholine rings is 1. The Balaban J connectivity index is 1.85. The Labute approximate surface area is 125 Å². The van der Waals surface area contributed by atoms with E-state index in [4.69, 9.17) is 4.74 Å². The molecule has 1 aromatic rings. The third-order valence-electron chi connectivity index (χ3n) is 4.52. The summed E-state index contributed by atoms with van der Waals surface area (Å²) in [6.07, 6.45) is 3.70. The quantitative estimate of drug-likeness (QED) is 0.820. The molecule has 114 valence electrons. The molecule has 3 rings (SSSR count). The number of hydrogen-bond acceptors (Lipinski definition) is 4. The van der Waals surface area contributed by atoms with Crippen molar-refractivity contribution < 1.29 is 9.53 Å². The highest BCUT2D eigenvalue weighted by molar-refractivity contribution is 5.94. The lowest BCUT2D eigenvalue weighted by molar-refractivity contribution is -0.0871. The Morgan fingerprint density at radius 2 is 2.33 bits per heavy atom. The van der Waals surface area contributed by atoms with Crippen LogP contribution >= 0.6 is 0 Å². The van der Waals surface area contributed by atoms with E-state index < -0.39 is 0 Å². The summed E-state index contributed by atoms with van der Waals surface area (Å²) in [4.78, 5) is 21.5. The maximum atomic E-state index is 12.9. The number of piperidine rings is 1. The first-order chi connectivity index (χ1) is 10.2. The van der Waals surface area contributed by atoms with Crippen molar-refractivity contribution >= 4 is 5.91 Å². The van der Waals surface area contributed by atoms with Crippen molar-refractivity contribution in [2.75, 3.05) is 33.3 Å². The third-order valence-corrected chi connectivity index (χ3v) is 4.52. The number of hydrogen-bond donors (Lipinski definition) is 0. The second kappa shape index (κ2) is 6.12. The fourth-order valence-electron chi connectivity index (χ4n) is 3.33. The number of likely N-dealkylation sites (tertiary alicyclic amines) is 1. The third kappa shape index (κ3) is 2.80. The maximum absolute atomic E-state index is 12.9. The van der Waals surface area contributed by atoms with E-state index in [0.29, 0.717) is 18.8 Å². The second-order valence-corrected chi connectivity index (χ2v) is 5.89. The molecule has 2 fully saturated rings. The summed E-state index contributed by atoms with van der Waals surface area (Å²) in [6.45, 7) is 5.26. The standard InChI is InChI=1S/C16H23N3O2/c1-3-12-5-4-7-17-15(12)16(20)19-9-10-21-14-6-8-18(2)11-13(14)19/h4-5,7,13-14H,3,6,8-11H2,1-2H3/t13-,14-/m1/s1. The van der Waals surface area contributed by atoms with Crippen LogP contribution in [0.25, 0.3) is 0 Å². The summed E-state index contributed by atoms with van der Waals surface area (Å²) in [6, 6.07) is 4.04. The summed E-state index contributed by atoms with van der Waals surface area (Å²) >= 11 is 0. The lowest BCUT2D eigenvalue weighted by atomic mass is 9.98. The van der Waals surface area contributed by atoms with E-state index in [1.54, 1.807) is 6.20 Å². The van der Waals surface area contributed by atoms with Crippen LogP contribution in [0.15, 0.2) is 18.3 Å². The molecule has 0 bridgehead atoms. The molecule has 3 heterocycles. The summed E-state index contributed by atoms with van der Waals surface area (Å²) in [5.41, 5.74) is 1.63. The fourth-order valence-corrected chi connectivity index (χ4v) is 3.33. The second-order valence-electron chi connectivity index (χ2n) is 5.89. The zero-order valence-electron chi connectivity index (χ0n) is 12.8. The first kappa shape index (κ1) is 14.5. The first-order valence-corrected chi connectivity index (χ1v) is 7.75. The summed E-state index contributed by atoms with van der Waals surface area (Å²) in [5, 5.41) is 0. The van der Waals surface area contributed by atoms with Gasteiger partial charge in [0.2, 0.25) is 0 Å². The molecule has 0 N–H and O–H groups in total. The molecule has 2 saturated heterocycles. The van der Waals surface area contributed by atoms with Gasteiger partial charge in [-0.05, 0) is 31.5 Å². The minimum absolute atomic E-state index is 0.0565. The van der Waals surface area contributed by atoms with Crippen LogP contribution in [0.3, 0.4) is 0 Å². The molecule has 5 heteroatoms. The van der Waals surface area contributed by atoms with Gasteiger partial charge in [0, 0.05) is 25.8 Å². The molecular weight excluding hydrogens is 266 g/mol. The molecule has 0 spiro atoms. The molecule has 0 unspecified atom stereocenters. The van der Waals surface area contributed by atoms with E-state index in [1.165, 1.54) is 0 Å². The molecular formula is C16H23N3O2. The van der Waals surface area contributed by atoms with Gasteiger partial charge in [-0.1, -0.05) is 13.0 Å². The highest BCUT2D eigenvalue weighted by atomic mass is 16.5. The molecule has 1 aromatic heterocycles. The number of amides is 1. The van der Waals surface area contributed by atoms with Crippen LogP contribution in [0, 0.1) is 0 Å². The molecule has 2 atom stereocenters. The largest absolute Gasteiger partial charge is 0.374 e. The van der Waals surface area contributed by atoms with Crippen molar-refractivity contribution in [3.8, 4) is 0 Å². The molecule has 0 saturated carbocycles. The topological polar surface area (TPSA) is 45.7 Å². The summed E-state index contributed by atoms with van der Waals surface area (Å²) < 4.78 is 5.86. The average Bonchev–Trinajstić information content (AvgIpc) is 2.53. The van der Waals surface area contributed by atoms with E-state index in [-0.39, 0.29) is 18.1 Å². The number of aromatic nitrogens is 1. The van der Waals surface area contributed by atoms with Gasteiger partial charge in [0.15, 0.2) is 0 Å². The monoisotopic (exact) mass is 289 g/mol. The molecule has 21 heavy (non-hydrogen) atoms. The summed E-state index contributed by atoms with van der Waals surface area (Å²) in [7, 11) is 2.10. The molecule has 5 nitrogen and oxygen atoms in total. The molecule has 2 aliphatic heterocycles. The van der Waals surface area contributed by atoms with E-state index in [9.17, 15) is 4.79 Å². The van der Waals surface area contributed by atoms with Crippen molar-refractivity contribution in [2.45, 2.75) is 31.9 Å². The van der Waals surface area contributed by atoms with Gasteiger partial charge in [-0.25, -0.2) is 0 Å². The van der Waals surface area contributed by atoms with E-state index >= 15 is 0 Å². The van der Waals surface area contributed by atoms with Gasteiger partial charge in [-0.2, -0.15) is 0 Å². The van der Waals surface area contributed by atoms with Gasteiger partial charge >= 0.3 is 0 Å². The molecule has 1 amide bonds. The molecule has 0 aromatic carbocycles. The zero-order chi connectivity index (χ0) is 14.8. The van der Waals surface area contributed by atoms with Gasteiger partial charge in [0.05, 0.1) is 18.8 Å². The number of likely N-dealkylation sites (N-methyl/N-ethyl adjacent to an activating group) is 1. The Bertz CT molecular complexity index is 520. The Kier molecular flexibility index (Phi) is 4.22. The fraction of sp³-hybridized carbons (Fsp3) is 0.625. The SMILES string of the molecule is CCc1cccnc1C(=O)N1CCO[C@@H]2CCN(C)C[C@H]21. The number of pyridine rings is 1. The van der Waals surface area contributed by atoms with Crippen molar-refractivity contribution in [2.24, 2.45) is 0 Å². The number of carbonyl (C=O) groups is 1. The van der Waals surface area contributed by atoms with Gasteiger partial charge in [0.25, 0.3) is 5.91 Å². The highest BCUT2D eigenvalue weighted by Crippen LogP contribution is 2.24. The molecule has 0 radical (unpaired) electrons. The van der Waals surface area contributed by atoms with Crippen molar-refractivity contribution in [3.05, 3.63) is 29.6 Å². The number of fused-ring (bicyclic) bond motifs is 1. The summed E-state index contributed by atoms with van der Waals surface area (Å²) in [5.74, 6) is 0.0565.